The van der Waals surface area contributed by atoms with Crippen molar-refractivity contribution < 1.29 is 27.3 Å². The van der Waals surface area contributed by atoms with Crippen LogP contribution in [0.2, 0.25) is 0 Å². The van der Waals surface area contributed by atoms with Crippen LogP contribution in [0.15, 0.2) is 48.5 Å². The Morgan fingerprint density at radius 1 is 1.16 bits per heavy atom. The third-order valence-corrected chi connectivity index (χ3v) is 5.48. The minimum Gasteiger partial charge on any atom is -0.324 e. The molecule has 0 fully saturated rings. The molecular weight excluding hydrogens is 438 g/mol. The number of alkyl halides is 3. The molecule has 6 nitrogen and oxygen atoms in total. The highest BCUT2D eigenvalue weighted by Crippen LogP contribution is 2.31. The van der Waals surface area contributed by atoms with Crippen molar-refractivity contribution in [1.82, 2.24) is 9.88 Å². The smallest absolute Gasteiger partial charge is 0.324 e. The van der Waals surface area contributed by atoms with Crippen LogP contribution < -0.4 is 0 Å². The molecule has 0 spiro atoms. The average Bonchev–Trinajstić information content (AvgIpc) is 3.08. The van der Waals surface area contributed by atoms with E-state index in [4.69, 9.17) is 0 Å². The maximum atomic E-state index is 13.2. The number of carbonyl (C=O) groups is 1. The first-order valence-electron chi connectivity index (χ1n) is 8.87. The van der Waals surface area contributed by atoms with E-state index in [0.717, 1.165) is 17.4 Å². The monoisotopic (exact) mass is 453 g/mol. The molecule has 0 N–H and O–H groups in total. The van der Waals surface area contributed by atoms with Crippen molar-refractivity contribution in [1.29, 1.82) is 0 Å². The molecule has 0 saturated heterocycles. The lowest BCUT2D eigenvalue weighted by Gasteiger charge is -2.23. The Hall–Kier alpha value is -3.34. The van der Waals surface area contributed by atoms with Gasteiger partial charge in [0.15, 0.2) is 0 Å². The number of hydrogen-bond acceptors (Lipinski definition) is 5. The number of amides is 1. The summed E-state index contributed by atoms with van der Waals surface area (Å²) in [5.41, 5.74) is 0.320. The van der Waals surface area contributed by atoms with Gasteiger partial charge in [-0.3, -0.25) is 14.9 Å². The van der Waals surface area contributed by atoms with Crippen molar-refractivity contribution in [2.45, 2.75) is 19.6 Å². The third kappa shape index (κ3) is 5.43. The highest BCUT2D eigenvalue weighted by atomic mass is 32.1. The molecule has 0 radical (unpaired) electrons. The van der Waals surface area contributed by atoms with Crippen LogP contribution in [0.3, 0.4) is 0 Å². The SMILES string of the molecule is Cc1nc(-c2ccc(F)cc2)sc1C(=O)N(Cc1ccccc1[N+](=O)[O-])CC(F)(F)F. The Bertz CT molecular complexity index is 1110. The lowest BCUT2D eigenvalue weighted by atomic mass is 10.1. The van der Waals surface area contributed by atoms with Crippen molar-refractivity contribution in [2.24, 2.45) is 0 Å². The minimum atomic E-state index is -4.71. The van der Waals surface area contributed by atoms with Gasteiger partial charge in [-0.05, 0) is 31.2 Å². The predicted octanol–water partition coefficient (Wildman–Crippen LogP) is 5.37. The summed E-state index contributed by atoms with van der Waals surface area (Å²) in [7, 11) is 0. The number of nitro groups is 1. The first kappa shape index (κ1) is 22.3. The van der Waals surface area contributed by atoms with Crippen LogP contribution in [-0.2, 0) is 6.54 Å². The second-order valence-electron chi connectivity index (χ2n) is 6.60. The molecule has 11 heteroatoms. The van der Waals surface area contributed by atoms with Crippen LogP contribution >= 0.6 is 11.3 Å². The molecular formula is C20H15F4N3O3S. The molecule has 0 atom stereocenters. The van der Waals surface area contributed by atoms with E-state index in [1.54, 1.807) is 0 Å². The highest BCUT2D eigenvalue weighted by Gasteiger charge is 2.35. The van der Waals surface area contributed by atoms with E-state index in [-0.39, 0.29) is 21.8 Å². The standard InChI is InChI=1S/C20H15F4N3O3S/c1-12-17(31-18(25-12)13-6-8-15(21)9-7-13)19(28)26(11-20(22,23)24)10-14-4-2-3-5-16(14)27(29)30/h2-9H,10-11H2,1H3. The number of aromatic nitrogens is 1. The molecule has 0 unspecified atom stereocenters. The summed E-state index contributed by atoms with van der Waals surface area (Å²) in [6, 6.07) is 10.6. The van der Waals surface area contributed by atoms with Gasteiger partial charge in [0.2, 0.25) is 0 Å². The fourth-order valence-electron chi connectivity index (χ4n) is 2.90. The van der Waals surface area contributed by atoms with Crippen molar-refractivity contribution >= 4 is 22.9 Å². The number of carbonyl (C=O) groups excluding carboxylic acids is 1. The summed E-state index contributed by atoms with van der Waals surface area (Å²) in [6.07, 6.45) is -4.71. The summed E-state index contributed by atoms with van der Waals surface area (Å²) in [5, 5.41) is 11.6. The first-order chi connectivity index (χ1) is 14.5. The van der Waals surface area contributed by atoms with E-state index < -0.39 is 35.9 Å². The number of nitrogens with zero attached hydrogens (tertiary/aromatic N) is 3. The molecule has 3 aromatic rings. The maximum absolute atomic E-state index is 13.2. The van der Waals surface area contributed by atoms with Gasteiger partial charge < -0.3 is 4.90 Å². The number of para-hydroxylation sites is 1. The van der Waals surface area contributed by atoms with Crippen molar-refractivity contribution in [3.05, 3.63) is 80.6 Å². The van der Waals surface area contributed by atoms with Crippen molar-refractivity contribution in [3.8, 4) is 10.6 Å². The largest absolute Gasteiger partial charge is 0.406 e. The summed E-state index contributed by atoms with van der Waals surface area (Å²) in [4.78, 5) is 28.2. The van der Waals surface area contributed by atoms with Gasteiger partial charge in [0.05, 0.1) is 17.2 Å². The summed E-state index contributed by atoms with van der Waals surface area (Å²) >= 11 is 0.876. The Kier molecular flexibility index (Phi) is 6.34. The fraction of sp³-hybridized carbons (Fsp3) is 0.200. The van der Waals surface area contributed by atoms with Crippen molar-refractivity contribution in [3.63, 3.8) is 0 Å². The van der Waals surface area contributed by atoms with Crippen molar-refractivity contribution in [2.75, 3.05) is 6.54 Å². The lowest BCUT2D eigenvalue weighted by Crippen LogP contribution is -2.38. The number of nitro benzene ring substituents is 1. The Labute approximate surface area is 177 Å². The number of rotatable bonds is 6. The van der Waals surface area contributed by atoms with Gasteiger partial charge in [0.25, 0.3) is 11.6 Å². The molecule has 1 aromatic heterocycles. The van der Waals surface area contributed by atoms with Gasteiger partial charge in [-0.1, -0.05) is 18.2 Å². The topological polar surface area (TPSA) is 76.3 Å². The number of thiazole rings is 1. The summed E-state index contributed by atoms with van der Waals surface area (Å²) in [5.74, 6) is -1.41. The normalized spacial score (nSPS) is 11.4. The second-order valence-corrected chi connectivity index (χ2v) is 7.60. The Morgan fingerprint density at radius 2 is 1.81 bits per heavy atom. The zero-order valence-electron chi connectivity index (χ0n) is 16.0. The molecule has 2 aromatic carbocycles. The van der Waals surface area contributed by atoms with Gasteiger partial charge in [-0.15, -0.1) is 11.3 Å². The third-order valence-electron chi connectivity index (χ3n) is 4.29. The van der Waals surface area contributed by atoms with E-state index in [9.17, 15) is 32.5 Å². The van der Waals surface area contributed by atoms with Gasteiger partial charge in [-0.25, -0.2) is 9.37 Å². The number of aryl methyl sites for hydroxylation is 1. The van der Waals surface area contributed by atoms with Gasteiger partial charge in [0.1, 0.15) is 22.2 Å². The van der Waals surface area contributed by atoms with Crippen LogP contribution in [0.4, 0.5) is 23.2 Å². The molecule has 162 valence electrons. The molecule has 1 heterocycles. The lowest BCUT2D eigenvalue weighted by molar-refractivity contribution is -0.385. The highest BCUT2D eigenvalue weighted by molar-refractivity contribution is 7.17. The quantitative estimate of drug-likeness (QED) is 0.286. The number of halogens is 4. The van der Waals surface area contributed by atoms with E-state index in [0.29, 0.717) is 15.5 Å². The maximum Gasteiger partial charge on any atom is 0.406 e. The van der Waals surface area contributed by atoms with Gasteiger partial charge in [0, 0.05) is 17.2 Å². The van der Waals surface area contributed by atoms with Crippen LogP contribution in [0.5, 0.6) is 0 Å². The predicted molar refractivity (Wildman–Crippen MR) is 106 cm³/mol. The summed E-state index contributed by atoms with van der Waals surface area (Å²) in [6.45, 7) is -0.701. The van der Waals surface area contributed by atoms with Crippen LogP contribution in [0.25, 0.3) is 10.6 Å². The molecule has 1 amide bonds. The second kappa shape index (κ2) is 8.80. The van der Waals surface area contributed by atoms with Gasteiger partial charge >= 0.3 is 6.18 Å². The molecule has 0 aliphatic heterocycles. The van der Waals surface area contributed by atoms with E-state index in [1.165, 1.54) is 49.4 Å². The zero-order valence-corrected chi connectivity index (χ0v) is 16.8. The van der Waals surface area contributed by atoms with Crippen LogP contribution in [-0.4, -0.2) is 33.4 Å². The molecule has 0 aliphatic carbocycles. The summed E-state index contributed by atoms with van der Waals surface area (Å²) < 4.78 is 52.7. The van der Waals surface area contributed by atoms with E-state index in [2.05, 4.69) is 4.98 Å². The Balaban J connectivity index is 1.96. The molecule has 31 heavy (non-hydrogen) atoms. The van der Waals surface area contributed by atoms with E-state index in [1.807, 2.05) is 0 Å². The molecule has 0 saturated carbocycles. The minimum absolute atomic E-state index is 0.0222. The molecule has 3 rings (SSSR count). The van der Waals surface area contributed by atoms with Gasteiger partial charge in [-0.2, -0.15) is 13.2 Å². The molecule has 0 aliphatic rings. The fourth-order valence-corrected chi connectivity index (χ4v) is 3.94. The number of hydrogen-bond donors (Lipinski definition) is 0. The Morgan fingerprint density at radius 3 is 2.42 bits per heavy atom. The first-order valence-corrected chi connectivity index (χ1v) is 9.68. The molecule has 0 bridgehead atoms. The number of benzene rings is 2. The average molecular weight is 453 g/mol. The zero-order chi connectivity index (χ0) is 22.8. The van der Waals surface area contributed by atoms with E-state index >= 15 is 0 Å². The van der Waals surface area contributed by atoms with Crippen LogP contribution in [0.1, 0.15) is 20.9 Å². The van der Waals surface area contributed by atoms with Crippen LogP contribution in [0, 0.1) is 22.9 Å².